The van der Waals surface area contributed by atoms with Crippen LogP contribution in [0.15, 0.2) is 36.4 Å². The lowest BCUT2D eigenvalue weighted by molar-refractivity contribution is 0.355. The zero-order valence-corrected chi connectivity index (χ0v) is 12.1. The molecule has 0 aliphatic heterocycles. The van der Waals surface area contributed by atoms with Crippen molar-refractivity contribution in [3.63, 3.8) is 0 Å². The van der Waals surface area contributed by atoms with Crippen LogP contribution in [0.2, 0.25) is 0 Å². The van der Waals surface area contributed by atoms with Crippen LogP contribution in [0.25, 0.3) is 0 Å². The molecule has 20 heavy (non-hydrogen) atoms. The van der Waals surface area contributed by atoms with Crippen LogP contribution in [0.3, 0.4) is 0 Å². The molecule has 4 nitrogen and oxygen atoms in total. The van der Waals surface area contributed by atoms with Crippen LogP contribution in [-0.4, -0.2) is 14.2 Å². The zero-order valence-electron chi connectivity index (χ0n) is 12.1. The van der Waals surface area contributed by atoms with E-state index in [1.54, 1.807) is 20.3 Å². The van der Waals surface area contributed by atoms with Crippen molar-refractivity contribution in [1.29, 1.82) is 0 Å². The van der Waals surface area contributed by atoms with Crippen molar-refractivity contribution in [3.05, 3.63) is 42.0 Å². The maximum atomic E-state index is 6.04. The molecule has 0 atom stereocenters. The summed E-state index contributed by atoms with van der Waals surface area (Å²) in [4.78, 5) is 0. The molecular weight excluding hydrogens is 252 g/mol. The van der Waals surface area contributed by atoms with Crippen LogP contribution in [0.5, 0.6) is 11.5 Å². The van der Waals surface area contributed by atoms with E-state index in [9.17, 15) is 0 Å². The van der Waals surface area contributed by atoms with Crippen molar-refractivity contribution >= 4 is 17.1 Å². The van der Waals surface area contributed by atoms with Gasteiger partial charge in [0.25, 0.3) is 0 Å². The maximum absolute atomic E-state index is 6.04. The van der Waals surface area contributed by atoms with Crippen LogP contribution < -0.4 is 20.5 Å². The Hall–Kier alpha value is -2.36. The molecule has 0 aromatic heterocycles. The van der Waals surface area contributed by atoms with E-state index in [0.29, 0.717) is 17.2 Å². The predicted molar refractivity (Wildman–Crippen MR) is 83.1 cm³/mol. The maximum Gasteiger partial charge on any atom is 0.162 e. The van der Waals surface area contributed by atoms with Crippen LogP contribution in [0, 0.1) is 0 Å². The summed E-state index contributed by atoms with van der Waals surface area (Å²) in [5, 5.41) is 3.31. The first-order valence-electron chi connectivity index (χ1n) is 6.55. The van der Waals surface area contributed by atoms with Crippen molar-refractivity contribution in [3.8, 4) is 11.5 Å². The molecule has 0 fully saturated rings. The lowest BCUT2D eigenvalue weighted by atomic mass is 10.1. The van der Waals surface area contributed by atoms with Crippen LogP contribution in [0.4, 0.5) is 17.1 Å². The Bertz CT molecular complexity index is 597. The molecule has 3 N–H and O–H groups in total. The molecule has 0 unspecified atom stereocenters. The number of aryl methyl sites for hydroxylation is 1. The number of benzene rings is 2. The Kier molecular flexibility index (Phi) is 4.35. The number of rotatable bonds is 5. The highest BCUT2D eigenvalue weighted by Gasteiger charge is 2.09. The van der Waals surface area contributed by atoms with Crippen molar-refractivity contribution in [2.75, 3.05) is 25.3 Å². The minimum Gasteiger partial charge on any atom is -0.493 e. The summed E-state index contributed by atoms with van der Waals surface area (Å²) in [5.74, 6) is 1.27. The average Bonchev–Trinajstić information content (AvgIpc) is 2.49. The van der Waals surface area contributed by atoms with Gasteiger partial charge in [-0.25, -0.2) is 0 Å². The third kappa shape index (κ3) is 2.96. The molecule has 0 aliphatic rings. The largest absolute Gasteiger partial charge is 0.493 e. The van der Waals surface area contributed by atoms with E-state index in [2.05, 4.69) is 24.4 Å². The van der Waals surface area contributed by atoms with Gasteiger partial charge in [0, 0.05) is 17.8 Å². The topological polar surface area (TPSA) is 56.5 Å². The second-order valence-corrected chi connectivity index (χ2v) is 4.47. The number of methoxy groups -OCH3 is 2. The first kappa shape index (κ1) is 14.1. The Morgan fingerprint density at radius 2 is 1.75 bits per heavy atom. The summed E-state index contributed by atoms with van der Waals surface area (Å²) >= 11 is 0. The Labute approximate surface area is 119 Å². The van der Waals surface area contributed by atoms with E-state index in [-0.39, 0.29) is 0 Å². The van der Waals surface area contributed by atoms with Gasteiger partial charge in [-0.15, -0.1) is 0 Å². The van der Waals surface area contributed by atoms with Gasteiger partial charge in [0.15, 0.2) is 11.5 Å². The fourth-order valence-corrected chi connectivity index (χ4v) is 2.03. The molecule has 2 rings (SSSR count). The molecule has 106 valence electrons. The molecule has 0 saturated carbocycles. The first-order chi connectivity index (χ1) is 9.67. The van der Waals surface area contributed by atoms with Crippen LogP contribution in [-0.2, 0) is 6.42 Å². The fraction of sp³-hybridized carbons (Fsp3) is 0.250. The summed E-state index contributed by atoms with van der Waals surface area (Å²) in [7, 11) is 3.20. The molecule has 0 aliphatic carbocycles. The molecule has 0 radical (unpaired) electrons. The number of hydrogen-bond acceptors (Lipinski definition) is 4. The average molecular weight is 272 g/mol. The van der Waals surface area contributed by atoms with E-state index < -0.39 is 0 Å². The Balaban J connectivity index is 2.32. The van der Waals surface area contributed by atoms with Gasteiger partial charge in [0.2, 0.25) is 0 Å². The molecule has 0 heterocycles. The summed E-state index contributed by atoms with van der Waals surface area (Å²) in [6.45, 7) is 2.13. The van der Waals surface area contributed by atoms with E-state index >= 15 is 0 Å². The Morgan fingerprint density at radius 1 is 1.05 bits per heavy atom. The van der Waals surface area contributed by atoms with E-state index in [1.807, 2.05) is 18.2 Å². The SMILES string of the molecule is CCc1cccc(Nc2cc(OC)c(OC)cc2N)c1. The molecular formula is C16H20N2O2. The lowest BCUT2D eigenvalue weighted by Gasteiger charge is -2.14. The minimum atomic E-state index is 0.615. The van der Waals surface area contributed by atoms with E-state index in [0.717, 1.165) is 17.8 Å². The lowest BCUT2D eigenvalue weighted by Crippen LogP contribution is -1.99. The van der Waals surface area contributed by atoms with Crippen molar-refractivity contribution in [2.45, 2.75) is 13.3 Å². The van der Waals surface area contributed by atoms with Crippen molar-refractivity contribution in [1.82, 2.24) is 0 Å². The minimum absolute atomic E-state index is 0.615. The van der Waals surface area contributed by atoms with Gasteiger partial charge in [-0.1, -0.05) is 19.1 Å². The van der Waals surface area contributed by atoms with Gasteiger partial charge < -0.3 is 20.5 Å². The van der Waals surface area contributed by atoms with Gasteiger partial charge >= 0.3 is 0 Å². The number of nitrogens with two attached hydrogens (primary N) is 1. The quantitative estimate of drug-likeness (QED) is 0.817. The standard InChI is InChI=1S/C16H20N2O2/c1-4-11-6-5-7-12(8-11)18-14-10-16(20-3)15(19-2)9-13(14)17/h5-10,18H,4,17H2,1-3H3. The van der Waals surface area contributed by atoms with Gasteiger partial charge in [-0.05, 0) is 24.1 Å². The normalized spacial score (nSPS) is 10.2. The summed E-state index contributed by atoms with van der Waals surface area (Å²) in [6, 6.07) is 11.8. The summed E-state index contributed by atoms with van der Waals surface area (Å²) in [6.07, 6.45) is 0.997. The van der Waals surface area contributed by atoms with Gasteiger partial charge in [-0.2, -0.15) is 0 Å². The molecule has 4 heteroatoms. The van der Waals surface area contributed by atoms with E-state index in [1.165, 1.54) is 5.56 Å². The molecule has 0 saturated heterocycles. The molecule has 0 amide bonds. The molecule has 0 bridgehead atoms. The number of nitrogens with one attached hydrogen (secondary N) is 1. The van der Waals surface area contributed by atoms with Gasteiger partial charge in [-0.3, -0.25) is 0 Å². The summed E-state index contributed by atoms with van der Waals surface area (Å²) in [5.41, 5.74) is 9.73. The number of nitrogen functional groups attached to an aromatic ring is 1. The Morgan fingerprint density at radius 3 is 2.40 bits per heavy atom. The van der Waals surface area contributed by atoms with Gasteiger partial charge in [0.1, 0.15) is 0 Å². The number of anilines is 3. The van der Waals surface area contributed by atoms with Crippen molar-refractivity contribution in [2.24, 2.45) is 0 Å². The predicted octanol–water partition coefficient (Wildman–Crippen LogP) is 3.59. The third-order valence-electron chi connectivity index (χ3n) is 3.17. The third-order valence-corrected chi connectivity index (χ3v) is 3.17. The number of ether oxygens (including phenoxy) is 2. The fourth-order valence-electron chi connectivity index (χ4n) is 2.03. The van der Waals surface area contributed by atoms with Crippen molar-refractivity contribution < 1.29 is 9.47 Å². The smallest absolute Gasteiger partial charge is 0.162 e. The monoisotopic (exact) mass is 272 g/mol. The van der Waals surface area contributed by atoms with Crippen LogP contribution in [0.1, 0.15) is 12.5 Å². The van der Waals surface area contributed by atoms with E-state index in [4.69, 9.17) is 15.2 Å². The highest BCUT2D eigenvalue weighted by molar-refractivity contribution is 5.76. The first-order valence-corrected chi connectivity index (χ1v) is 6.55. The number of hydrogen-bond donors (Lipinski definition) is 2. The second kappa shape index (κ2) is 6.19. The zero-order chi connectivity index (χ0) is 14.5. The molecule has 2 aromatic rings. The molecule has 0 spiro atoms. The second-order valence-electron chi connectivity index (χ2n) is 4.47. The molecule has 2 aromatic carbocycles. The summed E-state index contributed by atoms with van der Waals surface area (Å²) < 4.78 is 10.5. The highest BCUT2D eigenvalue weighted by atomic mass is 16.5. The highest BCUT2D eigenvalue weighted by Crippen LogP contribution is 2.36. The van der Waals surface area contributed by atoms with Crippen LogP contribution >= 0.6 is 0 Å². The van der Waals surface area contributed by atoms with Gasteiger partial charge in [0.05, 0.1) is 25.6 Å².